The highest BCUT2D eigenvalue weighted by Gasteiger charge is 2.63. The van der Waals surface area contributed by atoms with Crippen LogP contribution in [0, 0.1) is 0 Å². The van der Waals surface area contributed by atoms with Gasteiger partial charge in [-0.15, -0.1) is 0 Å². The van der Waals surface area contributed by atoms with Crippen molar-refractivity contribution in [3.63, 3.8) is 0 Å². The minimum atomic E-state index is -2.79. The summed E-state index contributed by atoms with van der Waals surface area (Å²) in [6.45, 7) is -1.55. The van der Waals surface area contributed by atoms with Gasteiger partial charge in [0.15, 0.2) is 11.9 Å². The Morgan fingerprint density at radius 3 is 1.74 bits per heavy atom. The molecule has 136 valence electrons. The lowest BCUT2D eigenvalue weighted by Crippen LogP contribution is -2.76. The summed E-state index contributed by atoms with van der Waals surface area (Å²) in [7, 11) is 0. The van der Waals surface area contributed by atoms with Crippen molar-refractivity contribution >= 4 is 0 Å². The first kappa shape index (κ1) is 18.9. The van der Waals surface area contributed by atoms with Crippen LogP contribution in [-0.2, 0) is 9.47 Å². The monoisotopic (exact) mass is 342 g/mol. The quantitative estimate of drug-likeness (QED) is 0.236. The van der Waals surface area contributed by atoms with Gasteiger partial charge in [0.1, 0.15) is 48.8 Å². The normalized spacial score (nSPS) is 54.9. The van der Waals surface area contributed by atoms with E-state index in [2.05, 4.69) is 0 Å². The van der Waals surface area contributed by atoms with Crippen LogP contribution in [0.1, 0.15) is 0 Å². The van der Waals surface area contributed by atoms with Gasteiger partial charge in [-0.05, 0) is 0 Å². The fraction of sp³-hybridized carbons (Fsp3) is 1.00. The molecule has 0 aromatic heterocycles. The molecule has 2 heterocycles. The molecule has 2 fully saturated rings. The van der Waals surface area contributed by atoms with Crippen LogP contribution < -0.4 is 0 Å². The van der Waals surface area contributed by atoms with E-state index in [0.717, 1.165) is 0 Å². The molecule has 11 heteroatoms. The van der Waals surface area contributed by atoms with Crippen LogP contribution in [0.4, 0.5) is 0 Å². The smallest absolute Gasteiger partial charge is 0.189 e. The average molecular weight is 342 g/mol. The molecule has 9 N–H and O–H groups in total. The zero-order valence-corrected chi connectivity index (χ0v) is 12.0. The molecular formula is C12H22O11. The Balaban J connectivity index is 2.33. The zero-order valence-electron chi connectivity index (χ0n) is 12.0. The van der Waals surface area contributed by atoms with Crippen molar-refractivity contribution in [2.24, 2.45) is 0 Å². The molecule has 2 aliphatic heterocycles. The fourth-order valence-corrected chi connectivity index (χ4v) is 2.92. The van der Waals surface area contributed by atoms with Crippen LogP contribution in [0.15, 0.2) is 0 Å². The summed E-state index contributed by atoms with van der Waals surface area (Å²) < 4.78 is 9.91. The molecule has 23 heavy (non-hydrogen) atoms. The Kier molecular flexibility index (Phi) is 5.60. The van der Waals surface area contributed by atoms with E-state index in [9.17, 15) is 35.7 Å². The third-order valence-corrected chi connectivity index (χ3v) is 4.41. The summed E-state index contributed by atoms with van der Waals surface area (Å²) >= 11 is 0. The Labute approximate surface area is 130 Å². The first-order valence-electron chi connectivity index (χ1n) is 7.03. The zero-order chi connectivity index (χ0) is 17.5. The van der Waals surface area contributed by atoms with Crippen LogP contribution in [0.3, 0.4) is 0 Å². The molecule has 0 aliphatic carbocycles. The van der Waals surface area contributed by atoms with Crippen LogP contribution in [0.5, 0.6) is 0 Å². The van der Waals surface area contributed by atoms with Gasteiger partial charge in [0.2, 0.25) is 0 Å². The number of aliphatic hydroxyl groups is 9. The van der Waals surface area contributed by atoms with Crippen molar-refractivity contribution in [3.05, 3.63) is 0 Å². The van der Waals surface area contributed by atoms with E-state index >= 15 is 0 Å². The van der Waals surface area contributed by atoms with Gasteiger partial charge in [-0.1, -0.05) is 0 Å². The van der Waals surface area contributed by atoms with Crippen molar-refractivity contribution in [1.82, 2.24) is 0 Å². The third kappa shape index (κ3) is 2.88. The number of aliphatic hydroxyl groups excluding tert-OH is 8. The molecule has 0 aromatic carbocycles. The molecule has 10 atom stereocenters. The van der Waals surface area contributed by atoms with Crippen molar-refractivity contribution in [2.75, 3.05) is 13.2 Å². The van der Waals surface area contributed by atoms with Crippen molar-refractivity contribution < 1.29 is 55.4 Å². The van der Waals surface area contributed by atoms with Crippen LogP contribution in [0.25, 0.3) is 0 Å². The lowest BCUT2D eigenvalue weighted by molar-refractivity contribution is -0.378. The minimum absolute atomic E-state index is 0.764. The SMILES string of the molecule is OC[C@H]1O[C@@H]([C@]2(O)[C@@H](O)O[C@H](CO)[C@H](O)[C@@H]2O)[C@H](O)[C@@H](O)[C@H]1O. The largest absolute Gasteiger partial charge is 0.394 e. The minimum Gasteiger partial charge on any atom is -0.394 e. The van der Waals surface area contributed by atoms with E-state index < -0.39 is 73.9 Å². The average Bonchev–Trinajstić information content (AvgIpc) is 2.54. The summed E-state index contributed by atoms with van der Waals surface area (Å²) in [5.41, 5.74) is -2.79. The first-order chi connectivity index (χ1) is 10.7. The molecule has 0 amide bonds. The van der Waals surface area contributed by atoms with Crippen LogP contribution in [0.2, 0.25) is 0 Å². The molecule has 2 saturated heterocycles. The molecule has 0 radical (unpaired) electrons. The molecule has 0 saturated carbocycles. The van der Waals surface area contributed by atoms with Gasteiger partial charge in [-0.3, -0.25) is 0 Å². The number of hydrogen-bond donors (Lipinski definition) is 9. The van der Waals surface area contributed by atoms with Crippen molar-refractivity contribution in [2.45, 2.75) is 60.7 Å². The van der Waals surface area contributed by atoms with E-state index in [0.29, 0.717) is 0 Å². The van der Waals surface area contributed by atoms with E-state index in [1.54, 1.807) is 0 Å². The molecule has 11 nitrogen and oxygen atoms in total. The fourth-order valence-electron chi connectivity index (χ4n) is 2.92. The second-order valence-electron chi connectivity index (χ2n) is 5.78. The maximum atomic E-state index is 10.6. The summed E-state index contributed by atoms with van der Waals surface area (Å²) in [4.78, 5) is 0. The number of ether oxygens (including phenoxy) is 2. The number of hydrogen-bond acceptors (Lipinski definition) is 11. The molecule has 0 unspecified atom stereocenters. The van der Waals surface area contributed by atoms with Crippen molar-refractivity contribution in [1.29, 1.82) is 0 Å². The second kappa shape index (κ2) is 6.82. The Hall–Kier alpha value is -0.440. The van der Waals surface area contributed by atoms with E-state index in [-0.39, 0.29) is 0 Å². The molecule has 2 aliphatic rings. The first-order valence-corrected chi connectivity index (χ1v) is 7.03. The summed E-state index contributed by atoms with van der Waals surface area (Å²) in [6, 6.07) is 0. The summed E-state index contributed by atoms with van der Waals surface area (Å²) in [6.07, 6.45) is -16.4. The third-order valence-electron chi connectivity index (χ3n) is 4.41. The Bertz CT molecular complexity index is 406. The van der Waals surface area contributed by atoms with E-state index in [1.807, 2.05) is 0 Å². The lowest BCUT2D eigenvalue weighted by Gasteiger charge is -2.53. The van der Waals surface area contributed by atoms with Crippen LogP contribution >= 0.6 is 0 Å². The topological polar surface area (TPSA) is 201 Å². The van der Waals surface area contributed by atoms with Gasteiger partial charge >= 0.3 is 0 Å². The second-order valence-corrected chi connectivity index (χ2v) is 5.78. The van der Waals surface area contributed by atoms with Gasteiger partial charge in [0.25, 0.3) is 0 Å². The highest BCUT2D eigenvalue weighted by molar-refractivity contribution is 5.10. The van der Waals surface area contributed by atoms with E-state index in [1.165, 1.54) is 0 Å². The maximum absolute atomic E-state index is 10.6. The summed E-state index contributed by atoms with van der Waals surface area (Å²) in [5, 5.41) is 88.1. The van der Waals surface area contributed by atoms with Gasteiger partial charge < -0.3 is 55.4 Å². The molecule has 0 aromatic rings. The predicted molar refractivity (Wildman–Crippen MR) is 68.7 cm³/mol. The van der Waals surface area contributed by atoms with Gasteiger partial charge in [0, 0.05) is 0 Å². The molecule has 0 spiro atoms. The highest BCUT2D eigenvalue weighted by atomic mass is 16.7. The predicted octanol–water partition coefficient (Wildman–Crippen LogP) is -6.01. The summed E-state index contributed by atoms with van der Waals surface area (Å²) in [5.74, 6) is 0. The molecule has 2 rings (SSSR count). The maximum Gasteiger partial charge on any atom is 0.189 e. The Morgan fingerprint density at radius 1 is 0.696 bits per heavy atom. The Morgan fingerprint density at radius 2 is 1.22 bits per heavy atom. The standard InChI is InChI=1S/C12H22O11/c13-1-3-5(15)7(17)8(18)10(22-3)12(21)9(19)6(16)4(2-14)23-11(12)20/h3-11,13-21H,1-2H2/t3-,4-,5+,6+,7+,8-,9+,10-,11+,12+/m1/s1. The van der Waals surface area contributed by atoms with Gasteiger partial charge in [-0.25, -0.2) is 0 Å². The molecular weight excluding hydrogens is 320 g/mol. The van der Waals surface area contributed by atoms with Gasteiger partial charge in [-0.2, -0.15) is 0 Å². The number of rotatable bonds is 3. The highest BCUT2D eigenvalue weighted by Crippen LogP contribution is 2.38. The van der Waals surface area contributed by atoms with E-state index in [4.69, 9.17) is 19.7 Å². The van der Waals surface area contributed by atoms with Crippen LogP contribution in [-0.4, -0.2) is 120 Å². The molecule has 0 bridgehead atoms. The van der Waals surface area contributed by atoms with Crippen molar-refractivity contribution in [3.8, 4) is 0 Å². The lowest BCUT2D eigenvalue weighted by atomic mass is 9.77. The van der Waals surface area contributed by atoms with Gasteiger partial charge in [0.05, 0.1) is 13.2 Å².